The van der Waals surface area contributed by atoms with Crippen LogP contribution in [-0.2, 0) is 5.41 Å². The first-order chi connectivity index (χ1) is 20.9. The Bertz CT molecular complexity index is 1460. The summed E-state index contributed by atoms with van der Waals surface area (Å²) in [5.74, 6) is -0.996. The van der Waals surface area contributed by atoms with E-state index in [1.807, 2.05) is 24.3 Å². The summed E-state index contributed by atoms with van der Waals surface area (Å²) in [6.45, 7) is 4.42. The normalized spacial score (nSPS) is 13.0. The smallest absolute Gasteiger partial charge is 0.193 e. The summed E-state index contributed by atoms with van der Waals surface area (Å²) in [5, 5.41) is 0. The highest BCUT2D eigenvalue weighted by molar-refractivity contribution is 6.10. The largest absolute Gasteiger partial charge is 0.289 e. The Hall–Kier alpha value is -3.92. The lowest BCUT2D eigenvalue weighted by molar-refractivity contribution is 0.103. The lowest BCUT2D eigenvalue weighted by atomic mass is 9.70. The molecule has 0 aromatic heterocycles. The van der Waals surface area contributed by atoms with Crippen molar-refractivity contribution in [3.05, 3.63) is 130 Å². The number of halogens is 2. The fraction of sp³-hybridized carbons (Fsp3) is 0.333. The first kappa shape index (κ1) is 30.5. The van der Waals surface area contributed by atoms with E-state index in [0.717, 1.165) is 86.5 Å². The Morgan fingerprint density at radius 1 is 0.512 bits per heavy atom. The van der Waals surface area contributed by atoms with E-state index in [1.54, 1.807) is 0 Å². The number of carbonyl (C=O) groups is 2. The van der Waals surface area contributed by atoms with Crippen LogP contribution >= 0.6 is 0 Å². The van der Waals surface area contributed by atoms with Gasteiger partial charge < -0.3 is 0 Å². The van der Waals surface area contributed by atoms with Crippen LogP contribution in [0.2, 0.25) is 0 Å². The Kier molecular flexibility index (Phi) is 9.65. The number of hydrogen-bond donors (Lipinski definition) is 0. The molecule has 2 nitrogen and oxygen atoms in total. The highest BCUT2D eigenvalue weighted by Gasteiger charge is 2.43. The van der Waals surface area contributed by atoms with Crippen LogP contribution in [0.15, 0.2) is 84.9 Å². The summed E-state index contributed by atoms with van der Waals surface area (Å²) in [4.78, 5) is 27.1. The fourth-order valence-electron chi connectivity index (χ4n) is 6.68. The molecule has 0 N–H and O–H groups in total. The molecule has 0 saturated carbocycles. The molecule has 0 spiro atoms. The molecule has 43 heavy (non-hydrogen) atoms. The van der Waals surface area contributed by atoms with Gasteiger partial charge >= 0.3 is 0 Å². The van der Waals surface area contributed by atoms with Crippen molar-refractivity contribution in [3.8, 4) is 11.1 Å². The minimum Gasteiger partial charge on any atom is -0.289 e. The van der Waals surface area contributed by atoms with E-state index >= 15 is 0 Å². The van der Waals surface area contributed by atoms with Crippen LogP contribution in [0.25, 0.3) is 11.1 Å². The van der Waals surface area contributed by atoms with E-state index < -0.39 is 0 Å². The molecule has 0 heterocycles. The fourth-order valence-corrected chi connectivity index (χ4v) is 6.68. The van der Waals surface area contributed by atoms with Gasteiger partial charge in [0.2, 0.25) is 0 Å². The average Bonchev–Trinajstić information content (AvgIpc) is 3.30. The van der Waals surface area contributed by atoms with E-state index in [-0.39, 0.29) is 28.6 Å². The highest BCUT2D eigenvalue weighted by atomic mass is 19.1. The van der Waals surface area contributed by atoms with Gasteiger partial charge in [-0.15, -0.1) is 0 Å². The van der Waals surface area contributed by atoms with E-state index in [2.05, 4.69) is 26.0 Å². The third-order valence-electron chi connectivity index (χ3n) is 9.01. The molecule has 1 aliphatic carbocycles. The molecule has 0 amide bonds. The average molecular weight is 579 g/mol. The van der Waals surface area contributed by atoms with E-state index in [9.17, 15) is 18.4 Å². The second-order valence-corrected chi connectivity index (χ2v) is 11.9. The molecule has 0 saturated heterocycles. The van der Waals surface area contributed by atoms with Crippen LogP contribution in [0.4, 0.5) is 8.78 Å². The summed E-state index contributed by atoms with van der Waals surface area (Å²) in [5.41, 5.74) is 6.28. The van der Waals surface area contributed by atoms with Crippen LogP contribution in [0.3, 0.4) is 0 Å². The molecule has 222 valence electrons. The minimum absolute atomic E-state index is 0.128. The Morgan fingerprint density at radius 2 is 0.884 bits per heavy atom. The maximum Gasteiger partial charge on any atom is 0.193 e. The predicted octanol–water partition coefficient (Wildman–Crippen LogP) is 10.6. The van der Waals surface area contributed by atoms with Gasteiger partial charge in [0.05, 0.1) is 0 Å². The molecular weight excluding hydrogens is 538 g/mol. The molecule has 0 bridgehead atoms. The molecule has 0 radical (unpaired) electrons. The van der Waals surface area contributed by atoms with Gasteiger partial charge in [0, 0.05) is 27.7 Å². The number of benzene rings is 4. The van der Waals surface area contributed by atoms with Crippen LogP contribution < -0.4 is 0 Å². The molecule has 4 aromatic carbocycles. The van der Waals surface area contributed by atoms with Gasteiger partial charge in [0.25, 0.3) is 0 Å². The first-order valence-corrected chi connectivity index (χ1v) is 15.8. The summed E-state index contributed by atoms with van der Waals surface area (Å²) < 4.78 is 27.2. The number of carbonyl (C=O) groups excluding carboxylic acids is 2. The van der Waals surface area contributed by atoms with Crippen molar-refractivity contribution in [2.45, 2.75) is 83.5 Å². The maximum atomic E-state index is 13.6. The van der Waals surface area contributed by atoms with Gasteiger partial charge in [-0.05, 0) is 95.8 Å². The lowest BCUT2D eigenvalue weighted by Gasteiger charge is -2.33. The SMILES string of the molecule is CCCCCCC1(CCCCCC)c2cc(C(=O)c3ccc(F)cc3)ccc2-c2ccc(C(=O)c3ccc(F)cc3)cc21. The van der Waals surface area contributed by atoms with Crippen molar-refractivity contribution in [1.29, 1.82) is 0 Å². The predicted molar refractivity (Wildman–Crippen MR) is 170 cm³/mol. The van der Waals surface area contributed by atoms with Gasteiger partial charge in [0.1, 0.15) is 11.6 Å². The topological polar surface area (TPSA) is 34.1 Å². The van der Waals surface area contributed by atoms with Crippen LogP contribution in [0.1, 0.15) is 121 Å². The van der Waals surface area contributed by atoms with Gasteiger partial charge in [-0.1, -0.05) is 89.5 Å². The summed E-state index contributed by atoms with van der Waals surface area (Å²) in [6, 6.07) is 23.4. The van der Waals surface area contributed by atoms with E-state index in [1.165, 1.54) is 48.5 Å². The van der Waals surface area contributed by atoms with Gasteiger partial charge in [-0.25, -0.2) is 8.78 Å². The number of fused-ring (bicyclic) bond motifs is 3. The second-order valence-electron chi connectivity index (χ2n) is 11.9. The third kappa shape index (κ3) is 6.39. The van der Waals surface area contributed by atoms with Crippen molar-refractivity contribution in [2.75, 3.05) is 0 Å². The monoisotopic (exact) mass is 578 g/mol. The van der Waals surface area contributed by atoms with Crippen molar-refractivity contribution < 1.29 is 18.4 Å². The molecule has 0 aliphatic heterocycles. The zero-order chi connectivity index (χ0) is 30.4. The maximum absolute atomic E-state index is 13.6. The zero-order valence-corrected chi connectivity index (χ0v) is 25.2. The van der Waals surface area contributed by atoms with Crippen molar-refractivity contribution in [3.63, 3.8) is 0 Å². The summed E-state index contributed by atoms with van der Waals surface area (Å²) >= 11 is 0. The zero-order valence-electron chi connectivity index (χ0n) is 25.2. The van der Waals surface area contributed by atoms with Crippen LogP contribution in [0, 0.1) is 11.6 Å². The van der Waals surface area contributed by atoms with Crippen molar-refractivity contribution in [2.24, 2.45) is 0 Å². The molecule has 4 aromatic rings. The Labute approximate surface area is 254 Å². The molecule has 1 aliphatic rings. The Balaban J connectivity index is 1.62. The molecule has 4 heteroatoms. The van der Waals surface area contributed by atoms with Gasteiger partial charge in [-0.2, -0.15) is 0 Å². The number of rotatable bonds is 14. The third-order valence-corrected chi connectivity index (χ3v) is 9.01. The highest BCUT2D eigenvalue weighted by Crippen LogP contribution is 2.55. The lowest BCUT2D eigenvalue weighted by Crippen LogP contribution is -2.26. The quantitative estimate of drug-likeness (QED) is 0.110. The van der Waals surface area contributed by atoms with Gasteiger partial charge in [0.15, 0.2) is 11.6 Å². The van der Waals surface area contributed by atoms with Gasteiger partial charge in [-0.3, -0.25) is 9.59 Å². The number of ketones is 2. The molecule has 5 rings (SSSR count). The summed E-state index contributed by atoms with van der Waals surface area (Å²) in [6.07, 6.45) is 10.8. The first-order valence-electron chi connectivity index (χ1n) is 15.8. The summed E-state index contributed by atoms with van der Waals surface area (Å²) in [7, 11) is 0. The molecule has 0 fully saturated rings. The van der Waals surface area contributed by atoms with E-state index in [4.69, 9.17) is 0 Å². The molecular formula is C39H40F2O2. The molecule has 0 atom stereocenters. The minimum atomic E-state index is -0.370. The molecule has 0 unspecified atom stereocenters. The standard InChI is InChI=1S/C39H40F2O2/c1-3-5-7-9-23-39(24-10-8-6-4-2)35-25-29(37(42)27-11-17-31(40)18-12-27)15-21-33(35)34-22-16-30(26-36(34)39)38(43)28-13-19-32(41)20-14-28/h11-22,25-26H,3-10,23-24H2,1-2H3. The van der Waals surface area contributed by atoms with Crippen LogP contribution in [0.5, 0.6) is 0 Å². The van der Waals surface area contributed by atoms with Crippen molar-refractivity contribution in [1.82, 2.24) is 0 Å². The van der Waals surface area contributed by atoms with Crippen molar-refractivity contribution >= 4 is 11.6 Å². The number of hydrogen-bond acceptors (Lipinski definition) is 2. The Morgan fingerprint density at radius 3 is 1.26 bits per heavy atom. The van der Waals surface area contributed by atoms with E-state index in [0.29, 0.717) is 22.3 Å². The van der Waals surface area contributed by atoms with Crippen LogP contribution in [-0.4, -0.2) is 11.6 Å². The second kappa shape index (κ2) is 13.6. The number of unbranched alkanes of at least 4 members (excludes halogenated alkanes) is 6.